The van der Waals surface area contributed by atoms with Crippen LogP contribution in [0.1, 0.15) is 50.7 Å². The Bertz CT molecular complexity index is 586. The molecule has 138 valence electrons. The SMILES string of the molecule is CC(C)(C)OC(=O)N[C@@H](Cc1ccc(C2CCNCC2)cc1)C(=O)O. The molecular weight excluding hydrogens is 320 g/mol. The second-order valence-corrected chi connectivity index (χ2v) is 7.51. The van der Waals surface area contributed by atoms with Gasteiger partial charge in [0.2, 0.25) is 0 Å². The van der Waals surface area contributed by atoms with Crippen molar-refractivity contribution in [3.05, 3.63) is 35.4 Å². The maximum Gasteiger partial charge on any atom is 0.408 e. The van der Waals surface area contributed by atoms with Gasteiger partial charge in [-0.15, -0.1) is 0 Å². The molecule has 1 heterocycles. The number of alkyl carbamates (subject to hydrolysis) is 1. The fraction of sp³-hybridized carbons (Fsp3) is 0.579. The molecule has 0 aliphatic carbocycles. The zero-order valence-corrected chi connectivity index (χ0v) is 15.2. The predicted octanol–water partition coefficient (Wildman–Crippen LogP) is 2.67. The van der Waals surface area contributed by atoms with Crippen molar-refractivity contribution < 1.29 is 19.4 Å². The van der Waals surface area contributed by atoms with Crippen LogP contribution >= 0.6 is 0 Å². The molecular formula is C19H28N2O4. The van der Waals surface area contributed by atoms with Crippen LogP contribution in [-0.2, 0) is 16.0 Å². The van der Waals surface area contributed by atoms with Gasteiger partial charge in [-0.3, -0.25) is 0 Å². The van der Waals surface area contributed by atoms with Crippen molar-refractivity contribution in [1.82, 2.24) is 10.6 Å². The minimum absolute atomic E-state index is 0.223. The molecule has 6 nitrogen and oxygen atoms in total. The third kappa shape index (κ3) is 6.38. The summed E-state index contributed by atoms with van der Waals surface area (Å²) >= 11 is 0. The lowest BCUT2D eigenvalue weighted by Crippen LogP contribution is -2.44. The van der Waals surface area contributed by atoms with Gasteiger partial charge < -0.3 is 20.5 Å². The number of hydrogen-bond acceptors (Lipinski definition) is 4. The number of carbonyl (C=O) groups excluding carboxylic acids is 1. The van der Waals surface area contributed by atoms with Crippen molar-refractivity contribution >= 4 is 12.1 Å². The van der Waals surface area contributed by atoms with Gasteiger partial charge in [-0.25, -0.2) is 9.59 Å². The highest BCUT2D eigenvalue weighted by atomic mass is 16.6. The van der Waals surface area contributed by atoms with Crippen LogP contribution in [0.5, 0.6) is 0 Å². The third-order valence-electron chi connectivity index (χ3n) is 4.22. The van der Waals surface area contributed by atoms with E-state index in [9.17, 15) is 14.7 Å². The summed E-state index contributed by atoms with van der Waals surface area (Å²) in [6.45, 7) is 7.28. The number of carboxylic acids is 1. The zero-order valence-electron chi connectivity index (χ0n) is 15.2. The van der Waals surface area contributed by atoms with Gasteiger partial charge >= 0.3 is 12.1 Å². The molecule has 1 aromatic rings. The highest BCUT2D eigenvalue weighted by molar-refractivity contribution is 5.80. The monoisotopic (exact) mass is 348 g/mol. The predicted molar refractivity (Wildman–Crippen MR) is 95.8 cm³/mol. The average molecular weight is 348 g/mol. The van der Waals surface area contributed by atoms with Gasteiger partial charge in [-0.2, -0.15) is 0 Å². The maximum absolute atomic E-state index is 11.8. The van der Waals surface area contributed by atoms with E-state index in [4.69, 9.17) is 4.74 Å². The molecule has 0 aromatic heterocycles. The van der Waals surface area contributed by atoms with E-state index in [1.165, 1.54) is 5.56 Å². The first-order valence-corrected chi connectivity index (χ1v) is 8.76. The van der Waals surface area contributed by atoms with Crippen LogP contribution in [0.3, 0.4) is 0 Å². The Labute approximate surface area is 149 Å². The molecule has 2 rings (SSSR count). The summed E-state index contributed by atoms with van der Waals surface area (Å²) in [6.07, 6.45) is 1.75. The van der Waals surface area contributed by atoms with E-state index in [0.29, 0.717) is 5.92 Å². The number of piperidine rings is 1. The number of aliphatic carboxylic acids is 1. The number of amides is 1. The van der Waals surface area contributed by atoms with Crippen molar-refractivity contribution in [2.45, 2.75) is 57.6 Å². The first-order chi connectivity index (χ1) is 11.7. The molecule has 1 aliphatic heterocycles. The van der Waals surface area contributed by atoms with Gasteiger partial charge in [0.15, 0.2) is 0 Å². The van der Waals surface area contributed by atoms with Crippen LogP contribution in [0.25, 0.3) is 0 Å². The summed E-state index contributed by atoms with van der Waals surface area (Å²) < 4.78 is 5.14. The van der Waals surface area contributed by atoms with Crippen LogP contribution in [0.2, 0.25) is 0 Å². The molecule has 25 heavy (non-hydrogen) atoms. The highest BCUT2D eigenvalue weighted by Crippen LogP contribution is 2.25. The van der Waals surface area contributed by atoms with E-state index < -0.39 is 23.7 Å². The Morgan fingerprint density at radius 2 is 1.84 bits per heavy atom. The van der Waals surface area contributed by atoms with Crippen molar-refractivity contribution in [1.29, 1.82) is 0 Å². The Morgan fingerprint density at radius 3 is 2.36 bits per heavy atom. The van der Waals surface area contributed by atoms with E-state index in [1.807, 2.05) is 12.1 Å². The third-order valence-corrected chi connectivity index (χ3v) is 4.22. The molecule has 1 aliphatic rings. The first-order valence-electron chi connectivity index (χ1n) is 8.76. The van der Waals surface area contributed by atoms with E-state index in [-0.39, 0.29) is 6.42 Å². The van der Waals surface area contributed by atoms with Gasteiger partial charge in [0, 0.05) is 6.42 Å². The number of ether oxygens (including phenoxy) is 1. The van der Waals surface area contributed by atoms with Gasteiger partial charge in [0.05, 0.1) is 0 Å². The van der Waals surface area contributed by atoms with Crippen molar-refractivity contribution in [2.24, 2.45) is 0 Å². The first kappa shape index (κ1) is 19.2. The number of nitrogens with one attached hydrogen (secondary N) is 2. The van der Waals surface area contributed by atoms with Crippen LogP contribution < -0.4 is 10.6 Å². The summed E-state index contributed by atoms with van der Waals surface area (Å²) in [6, 6.07) is 7.02. The van der Waals surface area contributed by atoms with Crippen LogP contribution in [-0.4, -0.2) is 41.9 Å². The van der Waals surface area contributed by atoms with E-state index in [0.717, 1.165) is 31.5 Å². The largest absolute Gasteiger partial charge is 0.480 e. The second-order valence-electron chi connectivity index (χ2n) is 7.51. The van der Waals surface area contributed by atoms with Crippen molar-refractivity contribution in [2.75, 3.05) is 13.1 Å². The lowest BCUT2D eigenvalue weighted by atomic mass is 9.89. The number of rotatable bonds is 5. The molecule has 0 bridgehead atoms. The normalized spacial score (nSPS) is 16.9. The lowest BCUT2D eigenvalue weighted by Gasteiger charge is -2.23. The summed E-state index contributed by atoms with van der Waals surface area (Å²) in [5.74, 6) is -0.515. The zero-order chi connectivity index (χ0) is 18.4. The lowest BCUT2D eigenvalue weighted by molar-refractivity contribution is -0.139. The summed E-state index contributed by atoms with van der Waals surface area (Å²) in [5.41, 5.74) is 1.50. The van der Waals surface area contributed by atoms with E-state index >= 15 is 0 Å². The minimum atomic E-state index is -1.08. The van der Waals surface area contributed by atoms with Gasteiger partial charge in [0.25, 0.3) is 0 Å². The summed E-state index contributed by atoms with van der Waals surface area (Å²) in [5, 5.41) is 15.1. The van der Waals surface area contributed by atoms with Crippen LogP contribution in [0, 0.1) is 0 Å². The smallest absolute Gasteiger partial charge is 0.408 e. The molecule has 0 spiro atoms. The minimum Gasteiger partial charge on any atom is -0.480 e. The summed E-state index contributed by atoms with van der Waals surface area (Å²) in [4.78, 5) is 23.3. The Morgan fingerprint density at radius 1 is 1.24 bits per heavy atom. The topological polar surface area (TPSA) is 87.7 Å². The fourth-order valence-electron chi connectivity index (χ4n) is 2.97. The molecule has 1 aromatic carbocycles. The average Bonchev–Trinajstić information content (AvgIpc) is 2.54. The quantitative estimate of drug-likeness (QED) is 0.761. The Hall–Kier alpha value is -2.08. The molecule has 3 N–H and O–H groups in total. The summed E-state index contributed by atoms with van der Waals surface area (Å²) in [7, 11) is 0. The Kier molecular flexibility index (Phi) is 6.42. The van der Waals surface area contributed by atoms with Crippen molar-refractivity contribution in [3.63, 3.8) is 0 Å². The molecule has 6 heteroatoms. The van der Waals surface area contributed by atoms with E-state index in [2.05, 4.69) is 22.8 Å². The second kappa shape index (κ2) is 8.34. The highest BCUT2D eigenvalue weighted by Gasteiger charge is 2.24. The van der Waals surface area contributed by atoms with Crippen LogP contribution in [0.15, 0.2) is 24.3 Å². The van der Waals surface area contributed by atoms with Crippen molar-refractivity contribution in [3.8, 4) is 0 Å². The molecule has 0 saturated carbocycles. The van der Waals surface area contributed by atoms with Gasteiger partial charge in [0.1, 0.15) is 11.6 Å². The molecule has 1 fully saturated rings. The standard InChI is InChI=1S/C19H28N2O4/c1-19(2,3)25-18(24)21-16(17(22)23)12-13-4-6-14(7-5-13)15-8-10-20-11-9-15/h4-7,15-16,20H,8-12H2,1-3H3,(H,21,24)(H,22,23)/t16-/m0/s1. The molecule has 0 radical (unpaired) electrons. The van der Waals surface area contributed by atoms with Gasteiger partial charge in [-0.05, 0) is 63.7 Å². The molecule has 1 amide bonds. The van der Waals surface area contributed by atoms with Gasteiger partial charge in [-0.1, -0.05) is 24.3 Å². The number of carboxylic acid groups (broad SMARTS) is 1. The molecule has 1 saturated heterocycles. The fourth-order valence-corrected chi connectivity index (χ4v) is 2.97. The molecule has 1 atom stereocenters. The molecule has 0 unspecified atom stereocenters. The van der Waals surface area contributed by atoms with E-state index in [1.54, 1.807) is 20.8 Å². The number of hydrogen-bond donors (Lipinski definition) is 3. The van der Waals surface area contributed by atoms with Crippen LogP contribution in [0.4, 0.5) is 4.79 Å². The number of benzene rings is 1. The Balaban J connectivity index is 1.97. The maximum atomic E-state index is 11.8. The number of carbonyl (C=O) groups is 2.